The van der Waals surface area contributed by atoms with Crippen LogP contribution in [0.3, 0.4) is 0 Å². The van der Waals surface area contributed by atoms with Gasteiger partial charge in [-0.2, -0.15) is 0 Å². The number of pyridine rings is 1. The Morgan fingerprint density at radius 2 is 2.46 bits per heavy atom. The first-order valence-corrected chi connectivity index (χ1v) is 4.73. The van der Waals surface area contributed by atoms with E-state index >= 15 is 0 Å². The highest BCUT2D eigenvalue weighted by molar-refractivity contribution is 6.31. The Labute approximate surface area is 83.3 Å². The van der Waals surface area contributed by atoms with Gasteiger partial charge in [-0.1, -0.05) is 24.9 Å². The zero-order valence-electron chi connectivity index (χ0n) is 7.63. The van der Waals surface area contributed by atoms with Crippen LogP contribution < -0.4 is 11.3 Å². The lowest BCUT2D eigenvalue weighted by molar-refractivity contribution is 0.510. The van der Waals surface area contributed by atoms with Crippen LogP contribution in [0.5, 0.6) is 0 Å². The van der Waals surface area contributed by atoms with Gasteiger partial charge in [0.15, 0.2) is 0 Å². The number of hydrogen-bond acceptors (Lipinski definition) is 3. The molecule has 0 saturated carbocycles. The van der Waals surface area contributed by atoms with E-state index in [1.54, 1.807) is 12.4 Å². The SMILES string of the molecule is CCCC(NN)c1ccncc1Cl. The molecule has 0 fully saturated rings. The lowest BCUT2D eigenvalue weighted by Crippen LogP contribution is -2.28. The van der Waals surface area contributed by atoms with Crippen LogP contribution in [-0.2, 0) is 0 Å². The van der Waals surface area contributed by atoms with Gasteiger partial charge in [0.1, 0.15) is 0 Å². The lowest BCUT2D eigenvalue weighted by atomic mass is 10.0. The van der Waals surface area contributed by atoms with Crippen molar-refractivity contribution < 1.29 is 0 Å². The Balaban J connectivity index is 2.84. The maximum absolute atomic E-state index is 5.98. The summed E-state index contributed by atoms with van der Waals surface area (Å²) in [5.74, 6) is 5.43. The molecule has 1 heterocycles. The summed E-state index contributed by atoms with van der Waals surface area (Å²) in [5, 5.41) is 0.666. The molecule has 3 N–H and O–H groups in total. The predicted octanol–water partition coefficient (Wildman–Crippen LogP) is 2.04. The third-order valence-electron chi connectivity index (χ3n) is 1.96. The van der Waals surface area contributed by atoms with Gasteiger partial charge in [-0.25, -0.2) is 0 Å². The van der Waals surface area contributed by atoms with Crippen molar-refractivity contribution in [3.05, 3.63) is 29.0 Å². The van der Waals surface area contributed by atoms with Crippen LogP contribution in [0.2, 0.25) is 5.02 Å². The molecule has 0 saturated heterocycles. The molecule has 0 aliphatic rings. The average molecular weight is 200 g/mol. The monoisotopic (exact) mass is 199 g/mol. The van der Waals surface area contributed by atoms with Crippen LogP contribution in [0.4, 0.5) is 0 Å². The first-order valence-electron chi connectivity index (χ1n) is 4.35. The first kappa shape index (κ1) is 10.4. The van der Waals surface area contributed by atoms with Crippen LogP contribution in [0, 0.1) is 0 Å². The fraction of sp³-hybridized carbons (Fsp3) is 0.444. The molecule has 1 unspecified atom stereocenters. The highest BCUT2D eigenvalue weighted by Gasteiger charge is 2.11. The maximum atomic E-state index is 5.98. The maximum Gasteiger partial charge on any atom is 0.0637 e. The number of nitrogens with two attached hydrogens (primary N) is 1. The Morgan fingerprint density at radius 3 is 3.00 bits per heavy atom. The van der Waals surface area contributed by atoms with E-state index in [0.29, 0.717) is 5.02 Å². The average Bonchev–Trinajstić information content (AvgIpc) is 2.16. The number of nitrogens with zero attached hydrogens (tertiary/aromatic N) is 1. The minimum absolute atomic E-state index is 0.125. The van der Waals surface area contributed by atoms with E-state index in [0.717, 1.165) is 18.4 Å². The number of hydrogen-bond donors (Lipinski definition) is 2. The van der Waals surface area contributed by atoms with Gasteiger partial charge in [-0.05, 0) is 18.1 Å². The van der Waals surface area contributed by atoms with Crippen LogP contribution in [0.1, 0.15) is 31.4 Å². The van der Waals surface area contributed by atoms with Crippen LogP contribution in [0.25, 0.3) is 0 Å². The van der Waals surface area contributed by atoms with Gasteiger partial charge in [0, 0.05) is 18.4 Å². The molecular weight excluding hydrogens is 186 g/mol. The fourth-order valence-corrected chi connectivity index (χ4v) is 1.54. The molecule has 0 radical (unpaired) electrons. The van der Waals surface area contributed by atoms with E-state index < -0.39 is 0 Å². The van der Waals surface area contributed by atoms with Gasteiger partial charge in [-0.3, -0.25) is 16.3 Å². The van der Waals surface area contributed by atoms with Gasteiger partial charge >= 0.3 is 0 Å². The highest BCUT2D eigenvalue weighted by Crippen LogP contribution is 2.24. The molecule has 1 aromatic heterocycles. The second-order valence-corrected chi connectivity index (χ2v) is 3.31. The largest absolute Gasteiger partial charge is 0.271 e. The number of nitrogens with one attached hydrogen (secondary N) is 1. The van der Waals surface area contributed by atoms with E-state index in [1.807, 2.05) is 6.07 Å². The summed E-state index contributed by atoms with van der Waals surface area (Å²) < 4.78 is 0. The molecule has 3 nitrogen and oxygen atoms in total. The zero-order chi connectivity index (χ0) is 9.68. The molecular formula is C9H14ClN3. The van der Waals surface area contributed by atoms with Crippen molar-refractivity contribution in [2.75, 3.05) is 0 Å². The third kappa shape index (κ3) is 2.66. The van der Waals surface area contributed by atoms with Crippen LogP contribution >= 0.6 is 11.6 Å². The van der Waals surface area contributed by atoms with Crippen LogP contribution in [0.15, 0.2) is 18.5 Å². The van der Waals surface area contributed by atoms with E-state index in [1.165, 1.54) is 0 Å². The van der Waals surface area contributed by atoms with Gasteiger partial charge in [0.05, 0.1) is 5.02 Å². The molecule has 0 bridgehead atoms. The molecule has 1 atom stereocenters. The standard InChI is InChI=1S/C9H14ClN3/c1-2-3-9(13-11)7-4-5-12-6-8(7)10/h4-6,9,13H,2-3,11H2,1H3. The summed E-state index contributed by atoms with van der Waals surface area (Å²) in [6.45, 7) is 2.11. The molecule has 1 rings (SSSR count). The quantitative estimate of drug-likeness (QED) is 0.577. The van der Waals surface area contributed by atoms with Crippen molar-refractivity contribution in [1.82, 2.24) is 10.4 Å². The van der Waals surface area contributed by atoms with Gasteiger partial charge in [-0.15, -0.1) is 0 Å². The molecule has 1 aromatic rings. The minimum atomic E-state index is 0.125. The van der Waals surface area contributed by atoms with Gasteiger partial charge in [0.2, 0.25) is 0 Å². The summed E-state index contributed by atoms with van der Waals surface area (Å²) in [6.07, 6.45) is 5.39. The summed E-state index contributed by atoms with van der Waals surface area (Å²) >= 11 is 5.98. The number of hydrazine groups is 1. The topological polar surface area (TPSA) is 50.9 Å². The molecule has 72 valence electrons. The molecule has 0 amide bonds. The summed E-state index contributed by atoms with van der Waals surface area (Å²) in [5.41, 5.74) is 3.76. The fourth-order valence-electron chi connectivity index (χ4n) is 1.29. The summed E-state index contributed by atoms with van der Waals surface area (Å²) in [7, 11) is 0. The third-order valence-corrected chi connectivity index (χ3v) is 2.27. The zero-order valence-corrected chi connectivity index (χ0v) is 8.38. The Bertz CT molecular complexity index is 265. The van der Waals surface area contributed by atoms with E-state index in [2.05, 4.69) is 17.3 Å². The van der Waals surface area contributed by atoms with E-state index in [4.69, 9.17) is 17.4 Å². The summed E-state index contributed by atoms with van der Waals surface area (Å²) in [4.78, 5) is 3.92. The van der Waals surface area contributed by atoms with Crippen molar-refractivity contribution in [1.29, 1.82) is 0 Å². The van der Waals surface area contributed by atoms with Crippen LogP contribution in [-0.4, -0.2) is 4.98 Å². The number of halogens is 1. The number of rotatable bonds is 4. The molecule has 0 aliphatic heterocycles. The molecule has 4 heteroatoms. The Kier molecular flexibility index (Phi) is 4.15. The number of aromatic nitrogens is 1. The minimum Gasteiger partial charge on any atom is -0.271 e. The second kappa shape index (κ2) is 5.17. The normalized spacial score (nSPS) is 12.8. The van der Waals surface area contributed by atoms with E-state index in [9.17, 15) is 0 Å². The molecule has 0 aliphatic carbocycles. The lowest BCUT2D eigenvalue weighted by Gasteiger charge is -2.15. The van der Waals surface area contributed by atoms with Crippen molar-refractivity contribution in [3.8, 4) is 0 Å². The molecule has 0 spiro atoms. The highest BCUT2D eigenvalue weighted by atomic mass is 35.5. The Morgan fingerprint density at radius 1 is 1.69 bits per heavy atom. The van der Waals surface area contributed by atoms with Crippen molar-refractivity contribution >= 4 is 11.6 Å². The summed E-state index contributed by atoms with van der Waals surface area (Å²) in [6, 6.07) is 2.02. The van der Waals surface area contributed by atoms with Crippen molar-refractivity contribution in [3.63, 3.8) is 0 Å². The van der Waals surface area contributed by atoms with Crippen molar-refractivity contribution in [2.45, 2.75) is 25.8 Å². The van der Waals surface area contributed by atoms with Crippen molar-refractivity contribution in [2.24, 2.45) is 5.84 Å². The van der Waals surface area contributed by atoms with Gasteiger partial charge < -0.3 is 0 Å². The van der Waals surface area contributed by atoms with Gasteiger partial charge in [0.25, 0.3) is 0 Å². The molecule has 0 aromatic carbocycles. The molecule has 13 heavy (non-hydrogen) atoms. The van der Waals surface area contributed by atoms with E-state index in [-0.39, 0.29) is 6.04 Å². The predicted molar refractivity (Wildman–Crippen MR) is 54.2 cm³/mol. The smallest absolute Gasteiger partial charge is 0.0637 e. The first-order chi connectivity index (χ1) is 6.29. The second-order valence-electron chi connectivity index (χ2n) is 2.91. The Hall–Kier alpha value is -0.640.